The van der Waals surface area contributed by atoms with Gasteiger partial charge >= 0.3 is 0 Å². The smallest absolute Gasteiger partial charge is 0.238 e. The summed E-state index contributed by atoms with van der Waals surface area (Å²) in [6, 6.07) is 9.27. The first-order chi connectivity index (χ1) is 8.22. The van der Waals surface area contributed by atoms with E-state index in [0.29, 0.717) is 22.9 Å². The lowest BCUT2D eigenvalue weighted by Gasteiger charge is -2.25. The van der Waals surface area contributed by atoms with Crippen LogP contribution >= 0.6 is 0 Å². The van der Waals surface area contributed by atoms with E-state index in [0.717, 1.165) is 5.56 Å². The van der Waals surface area contributed by atoms with Crippen LogP contribution in [0.3, 0.4) is 0 Å². The van der Waals surface area contributed by atoms with Crippen LogP contribution in [0.5, 0.6) is 0 Å². The molecule has 2 aliphatic rings. The lowest BCUT2D eigenvalue weighted by Crippen LogP contribution is -2.32. The van der Waals surface area contributed by atoms with E-state index in [1.165, 1.54) is 4.90 Å². The first-order valence-electron chi connectivity index (χ1n) is 5.12. The Labute approximate surface area is 97.5 Å². The van der Waals surface area contributed by atoms with Crippen LogP contribution in [-0.4, -0.2) is 11.7 Å². The molecule has 5 nitrogen and oxygen atoms in total. The third-order valence-electron chi connectivity index (χ3n) is 2.84. The molecule has 1 aromatic carbocycles. The van der Waals surface area contributed by atoms with Gasteiger partial charge in [-0.25, -0.2) is 4.99 Å². The van der Waals surface area contributed by atoms with Crippen LogP contribution in [0.15, 0.2) is 40.7 Å². The maximum atomic E-state index is 11.9. The van der Waals surface area contributed by atoms with E-state index in [1.807, 2.05) is 24.3 Å². The monoisotopic (exact) mass is 224 g/mol. The third-order valence-corrected chi connectivity index (χ3v) is 2.84. The lowest BCUT2D eigenvalue weighted by atomic mass is 10.1. The molecular weight excluding hydrogens is 216 g/mol. The Morgan fingerprint density at radius 1 is 1.41 bits per heavy atom. The molecular formula is C12H8N4O. The van der Waals surface area contributed by atoms with Crippen molar-refractivity contribution in [2.45, 2.75) is 6.42 Å². The van der Waals surface area contributed by atoms with Gasteiger partial charge < -0.3 is 5.73 Å². The molecule has 0 bridgehead atoms. The van der Waals surface area contributed by atoms with Gasteiger partial charge in [-0.3, -0.25) is 9.69 Å². The number of amides is 1. The summed E-state index contributed by atoms with van der Waals surface area (Å²) in [5.74, 6) is 0.572. The number of fused-ring (bicyclic) bond motifs is 3. The van der Waals surface area contributed by atoms with Crippen molar-refractivity contribution in [2.75, 3.05) is 4.90 Å². The molecule has 0 spiro atoms. The predicted molar refractivity (Wildman–Crippen MR) is 61.9 cm³/mol. The number of carbonyl (C=O) groups excluding carboxylic acids is 1. The molecule has 2 heterocycles. The summed E-state index contributed by atoms with van der Waals surface area (Å²) in [4.78, 5) is 17.5. The molecule has 0 saturated carbocycles. The SMILES string of the molecule is N#CC1=C2N=C(N)c3ccccc3N2C(=O)C1. The van der Waals surface area contributed by atoms with Crippen molar-refractivity contribution in [1.29, 1.82) is 5.26 Å². The van der Waals surface area contributed by atoms with Gasteiger partial charge in [0, 0.05) is 5.56 Å². The molecule has 0 radical (unpaired) electrons. The summed E-state index contributed by atoms with van der Waals surface area (Å²) in [5.41, 5.74) is 7.63. The molecule has 3 rings (SSSR count). The maximum Gasteiger partial charge on any atom is 0.238 e. The highest BCUT2D eigenvalue weighted by atomic mass is 16.2. The highest BCUT2D eigenvalue weighted by Crippen LogP contribution is 2.36. The molecule has 5 heteroatoms. The molecule has 0 unspecified atom stereocenters. The average Bonchev–Trinajstić information content (AvgIpc) is 2.66. The molecule has 1 aromatic rings. The van der Waals surface area contributed by atoms with Crippen molar-refractivity contribution in [1.82, 2.24) is 0 Å². The second-order valence-corrected chi connectivity index (χ2v) is 3.83. The topological polar surface area (TPSA) is 82.5 Å². The molecule has 0 aromatic heterocycles. The molecule has 0 aliphatic carbocycles. The summed E-state index contributed by atoms with van der Waals surface area (Å²) in [6.07, 6.45) is 0.0942. The van der Waals surface area contributed by atoms with Crippen LogP contribution in [0, 0.1) is 11.3 Å². The number of amidine groups is 1. The Hall–Kier alpha value is -2.61. The Morgan fingerprint density at radius 2 is 2.18 bits per heavy atom. The van der Waals surface area contributed by atoms with Crippen molar-refractivity contribution in [3.05, 3.63) is 41.2 Å². The zero-order valence-corrected chi connectivity index (χ0v) is 8.84. The number of rotatable bonds is 0. The van der Waals surface area contributed by atoms with Crippen molar-refractivity contribution in [3.63, 3.8) is 0 Å². The van der Waals surface area contributed by atoms with Gasteiger partial charge in [0.05, 0.1) is 23.8 Å². The van der Waals surface area contributed by atoms with E-state index in [9.17, 15) is 4.79 Å². The van der Waals surface area contributed by atoms with E-state index in [4.69, 9.17) is 11.0 Å². The van der Waals surface area contributed by atoms with Crippen LogP contribution in [-0.2, 0) is 4.79 Å². The summed E-state index contributed by atoms with van der Waals surface area (Å²) in [7, 11) is 0. The Bertz CT molecular complexity index is 636. The predicted octanol–water partition coefficient (Wildman–Crippen LogP) is 0.877. The van der Waals surface area contributed by atoms with Crippen LogP contribution in [0.2, 0.25) is 0 Å². The minimum atomic E-state index is -0.139. The highest BCUT2D eigenvalue weighted by molar-refractivity contribution is 6.13. The second-order valence-electron chi connectivity index (χ2n) is 3.83. The van der Waals surface area contributed by atoms with Gasteiger partial charge in [0.1, 0.15) is 5.84 Å². The van der Waals surface area contributed by atoms with E-state index >= 15 is 0 Å². The Kier molecular flexibility index (Phi) is 1.80. The van der Waals surface area contributed by atoms with Crippen LogP contribution in [0.25, 0.3) is 0 Å². The van der Waals surface area contributed by atoms with Crippen LogP contribution in [0.4, 0.5) is 5.69 Å². The normalized spacial score (nSPS) is 17.5. The summed E-state index contributed by atoms with van der Waals surface area (Å²) in [6.45, 7) is 0. The maximum absolute atomic E-state index is 11.9. The number of nitrogens with zero attached hydrogens (tertiary/aromatic N) is 3. The van der Waals surface area contributed by atoms with Gasteiger partial charge in [-0.05, 0) is 12.1 Å². The zero-order chi connectivity index (χ0) is 12.0. The van der Waals surface area contributed by atoms with Gasteiger partial charge in [0.25, 0.3) is 0 Å². The number of nitriles is 1. The largest absolute Gasteiger partial charge is 0.383 e. The Balaban J connectivity index is 2.30. The van der Waals surface area contributed by atoms with Gasteiger partial charge in [0.15, 0.2) is 5.82 Å². The van der Waals surface area contributed by atoms with Crippen molar-refractivity contribution >= 4 is 17.4 Å². The zero-order valence-electron chi connectivity index (χ0n) is 8.84. The molecule has 0 fully saturated rings. The van der Waals surface area contributed by atoms with Crippen molar-refractivity contribution in [3.8, 4) is 6.07 Å². The molecule has 17 heavy (non-hydrogen) atoms. The molecule has 2 N–H and O–H groups in total. The quantitative estimate of drug-likeness (QED) is 0.710. The van der Waals surface area contributed by atoms with E-state index in [-0.39, 0.29) is 12.3 Å². The molecule has 0 atom stereocenters. The minimum Gasteiger partial charge on any atom is -0.383 e. The fraction of sp³-hybridized carbons (Fsp3) is 0.0833. The first kappa shape index (κ1) is 9.60. The molecule has 0 saturated heterocycles. The second kappa shape index (κ2) is 3.19. The fourth-order valence-corrected chi connectivity index (χ4v) is 2.08. The van der Waals surface area contributed by atoms with Gasteiger partial charge in [0.2, 0.25) is 5.91 Å². The molecule has 1 amide bonds. The van der Waals surface area contributed by atoms with E-state index < -0.39 is 0 Å². The van der Waals surface area contributed by atoms with E-state index in [1.54, 1.807) is 6.07 Å². The third kappa shape index (κ3) is 1.18. The Morgan fingerprint density at radius 3 is 2.94 bits per heavy atom. The number of aliphatic imine (C=N–C) groups is 1. The highest BCUT2D eigenvalue weighted by Gasteiger charge is 2.35. The van der Waals surface area contributed by atoms with Gasteiger partial charge in [-0.2, -0.15) is 5.26 Å². The van der Waals surface area contributed by atoms with Crippen molar-refractivity contribution in [2.24, 2.45) is 10.7 Å². The minimum absolute atomic E-state index is 0.0942. The number of hydrogen-bond donors (Lipinski definition) is 1. The summed E-state index contributed by atoms with van der Waals surface area (Å²) < 4.78 is 0. The standard InChI is InChI=1S/C12H8N4O/c13-6-7-5-10(17)16-9-4-2-1-3-8(9)11(14)15-12(7)16/h1-4H,5H2,(H2,14,15). The fourth-order valence-electron chi connectivity index (χ4n) is 2.08. The van der Waals surface area contributed by atoms with Gasteiger partial charge in [-0.15, -0.1) is 0 Å². The average molecular weight is 224 g/mol. The first-order valence-corrected chi connectivity index (χ1v) is 5.12. The van der Waals surface area contributed by atoms with Crippen molar-refractivity contribution < 1.29 is 4.79 Å². The number of para-hydroxylation sites is 1. The van der Waals surface area contributed by atoms with E-state index in [2.05, 4.69) is 4.99 Å². The number of nitrogens with two attached hydrogens (primary N) is 1. The number of hydrogen-bond acceptors (Lipinski definition) is 4. The van der Waals surface area contributed by atoms with Crippen LogP contribution in [0.1, 0.15) is 12.0 Å². The molecule has 2 aliphatic heterocycles. The number of anilines is 1. The number of benzene rings is 1. The lowest BCUT2D eigenvalue weighted by molar-refractivity contribution is -0.116. The molecule has 82 valence electrons. The summed E-state index contributed by atoms with van der Waals surface area (Å²) in [5, 5.41) is 8.96. The number of carbonyl (C=O) groups is 1. The summed E-state index contributed by atoms with van der Waals surface area (Å²) >= 11 is 0. The van der Waals surface area contributed by atoms with Gasteiger partial charge in [-0.1, -0.05) is 12.1 Å². The van der Waals surface area contributed by atoms with Crippen LogP contribution < -0.4 is 10.6 Å².